The Hall–Kier alpha value is -1.03. The number of rotatable bonds is 1. The highest BCUT2D eigenvalue weighted by Gasteiger charge is 2.32. The second-order valence-electron chi connectivity index (χ2n) is 4.38. The molecule has 14 heavy (non-hydrogen) atoms. The van der Waals surface area contributed by atoms with Gasteiger partial charge in [0.05, 0.1) is 5.56 Å². The summed E-state index contributed by atoms with van der Waals surface area (Å²) in [5.41, 5.74) is 2.30. The van der Waals surface area contributed by atoms with E-state index in [1.165, 1.54) is 18.5 Å². The van der Waals surface area contributed by atoms with Crippen LogP contribution in [0.25, 0.3) is 0 Å². The normalized spacial score (nSPS) is 22.4. The molecule has 0 spiro atoms. The van der Waals surface area contributed by atoms with Crippen LogP contribution in [0.15, 0.2) is 4.79 Å². The summed E-state index contributed by atoms with van der Waals surface area (Å²) in [4.78, 5) is 14.0. The minimum Gasteiger partial charge on any atom is -0.295 e. The molecule has 1 aromatic rings. The Bertz CT molecular complexity index is 413. The smallest absolute Gasteiger partial charge is 0.268 e. The highest BCUT2D eigenvalue weighted by Crippen LogP contribution is 2.30. The third-order valence-electron chi connectivity index (χ3n) is 3.36. The monoisotopic (exact) mass is 193 g/mol. The molecule has 0 radical (unpaired) electrons. The van der Waals surface area contributed by atoms with Crippen LogP contribution in [0.2, 0.25) is 0 Å². The second-order valence-corrected chi connectivity index (χ2v) is 4.38. The van der Waals surface area contributed by atoms with Crippen molar-refractivity contribution in [3.8, 4) is 0 Å². The van der Waals surface area contributed by atoms with Crippen LogP contribution in [-0.2, 0) is 20.0 Å². The van der Waals surface area contributed by atoms with Crippen LogP contribution in [0.4, 0.5) is 0 Å². The quantitative estimate of drug-likeness (QED) is 0.694. The molecule has 3 rings (SSSR count). The first-order valence-corrected chi connectivity index (χ1v) is 5.26. The fourth-order valence-corrected chi connectivity index (χ4v) is 2.39. The summed E-state index contributed by atoms with van der Waals surface area (Å²) in [7, 11) is 1.92. The van der Waals surface area contributed by atoms with Gasteiger partial charge >= 0.3 is 0 Å². The second kappa shape index (κ2) is 2.73. The standard InChI is InChI=1S/C10H15N3O/c1-12-9-4-5-13(7-2-3-7)6-8(9)10(14)11-12/h7H,2-6H2,1H3,(H,11,14). The van der Waals surface area contributed by atoms with E-state index in [0.717, 1.165) is 31.1 Å². The number of aromatic amines is 1. The van der Waals surface area contributed by atoms with Gasteiger partial charge in [-0.15, -0.1) is 0 Å². The first kappa shape index (κ1) is 8.29. The minimum atomic E-state index is 0.104. The van der Waals surface area contributed by atoms with E-state index in [2.05, 4.69) is 10.00 Å². The first-order chi connectivity index (χ1) is 6.75. The zero-order chi connectivity index (χ0) is 9.71. The van der Waals surface area contributed by atoms with Gasteiger partial charge in [0.15, 0.2) is 0 Å². The molecule has 0 saturated heterocycles. The lowest BCUT2D eigenvalue weighted by Gasteiger charge is -2.26. The number of nitrogens with one attached hydrogen (secondary N) is 1. The van der Waals surface area contributed by atoms with E-state index in [1.807, 2.05) is 11.7 Å². The Morgan fingerprint density at radius 2 is 2.21 bits per heavy atom. The number of nitrogens with zero attached hydrogens (tertiary/aromatic N) is 2. The molecule has 4 nitrogen and oxygen atoms in total. The highest BCUT2D eigenvalue weighted by molar-refractivity contribution is 5.21. The van der Waals surface area contributed by atoms with Crippen molar-refractivity contribution in [2.24, 2.45) is 7.05 Å². The lowest BCUT2D eigenvalue weighted by Crippen LogP contribution is -2.34. The maximum Gasteiger partial charge on any atom is 0.268 e. The lowest BCUT2D eigenvalue weighted by atomic mass is 10.1. The molecule has 1 fully saturated rings. The summed E-state index contributed by atoms with van der Waals surface area (Å²) in [5.74, 6) is 0. The summed E-state index contributed by atoms with van der Waals surface area (Å²) in [6.45, 7) is 1.97. The molecule has 2 heterocycles. The number of aromatic nitrogens is 2. The van der Waals surface area contributed by atoms with E-state index in [9.17, 15) is 4.79 Å². The zero-order valence-electron chi connectivity index (χ0n) is 8.42. The number of aryl methyl sites for hydroxylation is 1. The summed E-state index contributed by atoms with van der Waals surface area (Å²) in [6, 6.07) is 0.766. The van der Waals surface area contributed by atoms with Gasteiger partial charge in [-0.3, -0.25) is 19.5 Å². The van der Waals surface area contributed by atoms with Crippen LogP contribution in [0.5, 0.6) is 0 Å². The molecule has 0 amide bonds. The Labute approximate surface area is 82.5 Å². The summed E-state index contributed by atoms with van der Waals surface area (Å²) in [6.07, 6.45) is 3.65. The third kappa shape index (κ3) is 1.14. The van der Waals surface area contributed by atoms with Crippen molar-refractivity contribution in [1.29, 1.82) is 0 Å². The van der Waals surface area contributed by atoms with Crippen LogP contribution in [0.1, 0.15) is 24.1 Å². The van der Waals surface area contributed by atoms with Gasteiger partial charge < -0.3 is 0 Å². The minimum absolute atomic E-state index is 0.104. The Morgan fingerprint density at radius 3 is 2.93 bits per heavy atom. The first-order valence-electron chi connectivity index (χ1n) is 5.26. The molecular formula is C10H15N3O. The van der Waals surface area contributed by atoms with E-state index in [-0.39, 0.29) is 5.56 Å². The van der Waals surface area contributed by atoms with Crippen molar-refractivity contribution < 1.29 is 0 Å². The SMILES string of the molecule is Cn1[nH]c(=O)c2c1CCN(C1CC1)C2. The number of fused-ring (bicyclic) bond motifs is 1. The molecule has 0 bridgehead atoms. The molecule has 76 valence electrons. The fourth-order valence-electron chi connectivity index (χ4n) is 2.39. The predicted octanol–water partition coefficient (Wildman–Crippen LogP) is 0.234. The van der Waals surface area contributed by atoms with E-state index in [4.69, 9.17) is 0 Å². The van der Waals surface area contributed by atoms with Crippen LogP contribution in [0, 0.1) is 0 Å². The van der Waals surface area contributed by atoms with Gasteiger partial charge in [0, 0.05) is 38.3 Å². The van der Waals surface area contributed by atoms with Crippen LogP contribution in [-0.4, -0.2) is 27.3 Å². The molecule has 1 aliphatic carbocycles. The maximum absolute atomic E-state index is 11.6. The van der Waals surface area contributed by atoms with Crippen LogP contribution >= 0.6 is 0 Å². The molecule has 1 N–H and O–H groups in total. The van der Waals surface area contributed by atoms with Crippen molar-refractivity contribution in [2.45, 2.75) is 31.8 Å². The summed E-state index contributed by atoms with van der Waals surface area (Å²) in [5, 5.41) is 2.83. The van der Waals surface area contributed by atoms with Gasteiger partial charge in [-0.2, -0.15) is 0 Å². The average molecular weight is 193 g/mol. The Morgan fingerprint density at radius 1 is 1.43 bits per heavy atom. The van der Waals surface area contributed by atoms with Crippen molar-refractivity contribution in [2.75, 3.05) is 6.54 Å². The topological polar surface area (TPSA) is 41.0 Å². The number of H-pyrrole nitrogens is 1. The molecule has 0 aromatic carbocycles. The molecule has 0 unspecified atom stereocenters. The van der Waals surface area contributed by atoms with Gasteiger partial charge in [-0.25, -0.2) is 0 Å². The molecule has 1 aliphatic heterocycles. The van der Waals surface area contributed by atoms with Crippen LogP contribution < -0.4 is 5.56 Å². The third-order valence-corrected chi connectivity index (χ3v) is 3.36. The van der Waals surface area contributed by atoms with Crippen molar-refractivity contribution in [3.05, 3.63) is 21.6 Å². The zero-order valence-corrected chi connectivity index (χ0v) is 8.42. The van der Waals surface area contributed by atoms with Gasteiger partial charge in [-0.05, 0) is 12.8 Å². The number of hydrogen-bond acceptors (Lipinski definition) is 2. The van der Waals surface area contributed by atoms with Crippen LogP contribution in [0.3, 0.4) is 0 Å². The molecule has 2 aliphatic rings. The molecule has 1 aromatic heterocycles. The average Bonchev–Trinajstić information content (AvgIpc) is 2.96. The Balaban J connectivity index is 1.96. The van der Waals surface area contributed by atoms with Crippen molar-refractivity contribution in [1.82, 2.24) is 14.7 Å². The predicted molar refractivity (Wildman–Crippen MR) is 53.2 cm³/mol. The Kier molecular flexibility index (Phi) is 1.62. The molecule has 4 heteroatoms. The largest absolute Gasteiger partial charge is 0.295 e. The van der Waals surface area contributed by atoms with E-state index >= 15 is 0 Å². The van der Waals surface area contributed by atoms with Crippen molar-refractivity contribution in [3.63, 3.8) is 0 Å². The van der Waals surface area contributed by atoms with Crippen molar-refractivity contribution >= 4 is 0 Å². The molecular weight excluding hydrogens is 178 g/mol. The maximum atomic E-state index is 11.6. The molecule has 0 atom stereocenters. The summed E-state index contributed by atoms with van der Waals surface area (Å²) >= 11 is 0. The van der Waals surface area contributed by atoms with E-state index < -0.39 is 0 Å². The van der Waals surface area contributed by atoms with Gasteiger partial charge in [-0.1, -0.05) is 0 Å². The van der Waals surface area contributed by atoms with Gasteiger partial charge in [0.25, 0.3) is 5.56 Å². The fraction of sp³-hybridized carbons (Fsp3) is 0.700. The van der Waals surface area contributed by atoms with E-state index in [0.29, 0.717) is 0 Å². The number of hydrogen-bond donors (Lipinski definition) is 1. The van der Waals surface area contributed by atoms with E-state index in [1.54, 1.807) is 0 Å². The lowest BCUT2D eigenvalue weighted by molar-refractivity contribution is 0.240. The highest BCUT2D eigenvalue weighted by atomic mass is 16.1. The summed E-state index contributed by atoms with van der Waals surface area (Å²) < 4.78 is 1.88. The molecule has 1 saturated carbocycles. The van der Waals surface area contributed by atoms with Gasteiger partial charge in [0.1, 0.15) is 0 Å². The van der Waals surface area contributed by atoms with Gasteiger partial charge in [0.2, 0.25) is 0 Å².